The predicted molar refractivity (Wildman–Crippen MR) is 67.4 cm³/mol. The summed E-state index contributed by atoms with van der Waals surface area (Å²) in [6, 6.07) is 7.27. The Morgan fingerprint density at radius 2 is 1.82 bits per heavy atom. The smallest absolute Gasteiger partial charge is 0.238 e. The van der Waals surface area contributed by atoms with Crippen molar-refractivity contribution in [2.24, 2.45) is 5.41 Å². The van der Waals surface area contributed by atoms with Crippen molar-refractivity contribution in [1.82, 2.24) is 0 Å². The van der Waals surface area contributed by atoms with E-state index in [9.17, 15) is 10.1 Å². The van der Waals surface area contributed by atoms with E-state index in [1.54, 1.807) is 19.2 Å². The van der Waals surface area contributed by atoms with Gasteiger partial charge in [0.25, 0.3) is 0 Å². The van der Waals surface area contributed by atoms with E-state index in [0.717, 1.165) is 17.5 Å². The number of methoxy groups -OCH3 is 1. The largest absolute Gasteiger partial charge is 0.497 e. The number of nitro groups is 1. The quantitative estimate of drug-likeness (QED) is 0.596. The summed E-state index contributed by atoms with van der Waals surface area (Å²) in [5.74, 6) is 0.739. The molecule has 0 saturated heterocycles. The van der Waals surface area contributed by atoms with Gasteiger partial charge in [-0.3, -0.25) is 10.1 Å². The second kappa shape index (κ2) is 4.99. The van der Waals surface area contributed by atoms with Crippen LogP contribution in [0.1, 0.15) is 26.3 Å². The van der Waals surface area contributed by atoms with Crippen LogP contribution in [0.25, 0.3) is 5.57 Å². The Hall–Kier alpha value is -1.84. The first-order valence-electron chi connectivity index (χ1n) is 5.35. The third kappa shape index (κ3) is 3.59. The molecule has 92 valence electrons. The minimum atomic E-state index is -0.412. The van der Waals surface area contributed by atoms with E-state index in [0.29, 0.717) is 5.57 Å². The minimum Gasteiger partial charge on any atom is -0.497 e. The number of benzene rings is 1. The predicted octanol–water partition coefficient (Wildman–Crippen LogP) is 3.36. The number of ether oxygens (including phenoxy) is 1. The molecule has 0 fully saturated rings. The molecule has 17 heavy (non-hydrogen) atoms. The minimum absolute atomic E-state index is 0.276. The highest BCUT2D eigenvalue weighted by Crippen LogP contribution is 2.34. The van der Waals surface area contributed by atoms with Crippen molar-refractivity contribution in [3.05, 3.63) is 46.1 Å². The maximum absolute atomic E-state index is 10.7. The van der Waals surface area contributed by atoms with E-state index < -0.39 is 4.92 Å². The van der Waals surface area contributed by atoms with Gasteiger partial charge in [-0.1, -0.05) is 32.9 Å². The molecule has 0 heterocycles. The van der Waals surface area contributed by atoms with E-state index in [4.69, 9.17) is 4.74 Å². The van der Waals surface area contributed by atoms with Crippen LogP contribution in [-0.2, 0) is 0 Å². The van der Waals surface area contributed by atoms with Gasteiger partial charge in [-0.15, -0.1) is 0 Å². The zero-order valence-electron chi connectivity index (χ0n) is 10.6. The second-order valence-electron chi connectivity index (χ2n) is 4.81. The fourth-order valence-corrected chi connectivity index (χ4v) is 1.58. The number of hydrogen-bond donors (Lipinski definition) is 0. The normalized spacial score (nSPS) is 12.4. The summed E-state index contributed by atoms with van der Waals surface area (Å²) in [6.45, 7) is 5.85. The Kier molecular flexibility index (Phi) is 3.89. The molecule has 0 saturated carbocycles. The third-order valence-corrected chi connectivity index (χ3v) is 2.44. The summed E-state index contributed by atoms with van der Waals surface area (Å²) >= 11 is 0. The fraction of sp³-hybridized carbons (Fsp3) is 0.385. The van der Waals surface area contributed by atoms with Crippen LogP contribution in [0.4, 0.5) is 0 Å². The molecule has 1 rings (SSSR count). The Labute approximate surface area is 101 Å². The van der Waals surface area contributed by atoms with E-state index in [2.05, 4.69) is 0 Å². The van der Waals surface area contributed by atoms with Crippen LogP contribution >= 0.6 is 0 Å². The lowest BCUT2D eigenvalue weighted by Gasteiger charge is -2.21. The molecule has 0 atom stereocenters. The molecular weight excluding hydrogens is 218 g/mol. The summed E-state index contributed by atoms with van der Waals surface area (Å²) in [7, 11) is 1.59. The summed E-state index contributed by atoms with van der Waals surface area (Å²) in [6.07, 6.45) is 1.07. The molecule has 0 aliphatic carbocycles. The van der Waals surface area contributed by atoms with E-state index in [1.165, 1.54) is 0 Å². The highest BCUT2D eigenvalue weighted by molar-refractivity contribution is 5.68. The molecule has 1 aromatic rings. The van der Waals surface area contributed by atoms with Gasteiger partial charge in [0.2, 0.25) is 6.20 Å². The molecule has 0 N–H and O–H groups in total. The first kappa shape index (κ1) is 13.2. The maximum Gasteiger partial charge on any atom is 0.238 e. The highest BCUT2D eigenvalue weighted by atomic mass is 16.6. The summed E-state index contributed by atoms with van der Waals surface area (Å²) in [4.78, 5) is 10.2. The lowest BCUT2D eigenvalue weighted by molar-refractivity contribution is -0.401. The van der Waals surface area contributed by atoms with Gasteiger partial charge in [-0.05, 0) is 23.1 Å². The molecular formula is C13H17NO3. The average Bonchev–Trinajstić information content (AvgIpc) is 2.24. The molecule has 0 spiro atoms. The van der Waals surface area contributed by atoms with Crippen LogP contribution in [0.3, 0.4) is 0 Å². The summed E-state index contributed by atoms with van der Waals surface area (Å²) in [5, 5.41) is 10.7. The Morgan fingerprint density at radius 3 is 2.18 bits per heavy atom. The Bertz CT molecular complexity index is 427. The molecule has 4 nitrogen and oxygen atoms in total. The van der Waals surface area contributed by atoms with E-state index >= 15 is 0 Å². The SMILES string of the molecule is COc1ccc(/C(=C\[N+](=O)[O-])C(C)(C)C)cc1. The van der Waals surface area contributed by atoms with Crippen LogP contribution in [0.2, 0.25) is 0 Å². The van der Waals surface area contributed by atoms with Gasteiger partial charge in [0.05, 0.1) is 12.0 Å². The molecule has 4 heteroatoms. The molecule has 0 unspecified atom stereocenters. The van der Waals surface area contributed by atoms with Crippen molar-refractivity contribution in [2.75, 3.05) is 7.11 Å². The zero-order valence-corrected chi connectivity index (χ0v) is 10.6. The van der Waals surface area contributed by atoms with Crippen molar-refractivity contribution >= 4 is 5.57 Å². The van der Waals surface area contributed by atoms with Crippen molar-refractivity contribution in [3.63, 3.8) is 0 Å². The third-order valence-electron chi connectivity index (χ3n) is 2.44. The van der Waals surface area contributed by atoms with Gasteiger partial charge in [0, 0.05) is 5.57 Å². The number of rotatable bonds is 3. The van der Waals surface area contributed by atoms with Crippen LogP contribution < -0.4 is 4.74 Å². The Morgan fingerprint density at radius 1 is 1.29 bits per heavy atom. The standard InChI is InChI=1S/C13H17NO3/c1-13(2,3)12(9-14(15)16)10-5-7-11(17-4)8-6-10/h5-9H,1-4H3/b12-9+. The lowest BCUT2D eigenvalue weighted by Crippen LogP contribution is -2.10. The Balaban J connectivity index is 3.19. The summed E-state index contributed by atoms with van der Waals surface area (Å²) < 4.78 is 5.06. The van der Waals surface area contributed by atoms with Crippen LogP contribution in [0.15, 0.2) is 30.5 Å². The van der Waals surface area contributed by atoms with E-state index in [1.807, 2.05) is 32.9 Å². The van der Waals surface area contributed by atoms with Gasteiger partial charge in [0.1, 0.15) is 5.75 Å². The highest BCUT2D eigenvalue weighted by Gasteiger charge is 2.22. The molecule has 0 amide bonds. The topological polar surface area (TPSA) is 52.4 Å². The maximum atomic E-state index is 10.7. The van der Waals surface area contributed by atoms with Gasteiger partial charge in [-0.25, -0.2) is 0 Å². The van der Waals surface area contributed by atoms with E-state index in [-0.39, 0.29) is 5.41 Å². The van der Waals surface area contributed by atoms with Crippen LogP contribution in [0, 0.1) is 15.5 Å². The fourth-order valence-electron chi connectivity index (χ4n) is 1.58. The van der Waals surface area contributed by atoms with Crippen molar-refractivity contribution < 1.29 is 9.66 Å². The van der Waals surface area contributed by atoms with Gasteiger partial charge in [-0.2, -0.15) is 0 Å². The van der Waals surface area contributed by atoms with Crippen molar-refractivity contribution in [3.8, 4) is 5.75 Å². The average molecular weight is 235 g/mol. The second-order valence-corrected chi connectivity index (χ2v) is 4.81. The monoisotopic (exact) mass is 235 g/mol. The van der Waals surface area contributed by atoms with Crippen LogP contribution in [0.5, 0.6) is 5.75 Å². The first-order valence-corrected chi connectivity index (χ1v) is 5.35. The molecule has 1 aromatic carbocycles. The van der Waals surface area contributed by atoms with Crippen molar-refractivity contribution in [1.29, 1.82) is 0 Å². The van der Waals surface area contributed by atoms with Gasteiger partial charge in [0.15, 0.2) is 0 Å². The molecule has 0 bridgehead atoms. The van der Waals surface area contributed by atoms with Gasteiger partial charge < -0.3 is 4.74 Å². The lowest BCUT2D eigenvalue weighted by atomic mass is 9.83. The zero-order chi connectivity index (χ0) is 13.1. The molecule has 0 radical (unpaired) electrons. The number of nitrogens with zero attached hydrogens (tertiary/aromatic N) is 1. The van der Waals surface area contributed by atoms with Crippen molar-refractivity contribution in [2.45, 2.75) is 20.8 Å². The number of hydrogen-bond acceptors (Lipinski definition) is 3. The first-order chi connectivity index (χ1) is 7.84. The number of allylic oxidation sites excluding steroid dienone is 1. The van der Waals surface area contributed by atoms with Crippen LogP contribution in [-0.4, -0.2) is 12.0 Å². The van der Waals surface area contributed by atoms with Gasteiger partial charge >= 0.3 is 0 Å². The molecule has 0 aromatic heterocycles. The molecule has 0 aliphatic heterocycles. The molecule has 0 aliphatic rings. The summed E-state index contributed by atoms with van der Waals surface area (Å²) in [5.41, 5.74) is 1.27.